The third kappa shape index (κ3) is 3.85. The molecule has 1 heterocycles. The maximum atomic E-state index is 12.5. The highest BCUT2D eigenvalue weighted by Crippen LogP contribution is 2.31. The highest BCUT2D eigenvalue weighted by Gasteiger charge is 2.37. The molecule has 1 aliphatic rings. The number of amides is 1. The molecule has 0 aromatic heterocycles. The van der Waals surface area contributed by atoms with Crippen LogP contribution in [0.4, 0.5) is 5.69 Å². The predicted octanol–water partition coefficient (Wildman–Crippen LogP) is 3.70. The van der Waals surface area contributed by atoms with Crippen molar-refractivity contribution in [2.45, 2.75) is 58.9 Å². The normalized spacial score (nSPS) is 21.9. The van der Waals surface area contributed by atoms with Gasteiger partial charge < -0.3 is 10.6 Å². The Hall–Kier alpha value is -1.35. The van der Waals surface area contributed by atoms with Crippen LogP contribution in [0.1, 0.15) is 53.0 Å². The van der Waals surface area contributed by atoms with Crippen LogP contribution in [-0.2, 0) is 10.2 Å². The summed E-state index contributed by atoms with van der Waals surface area (Å²) in [6, 6.07) is 8.06. The van der Waals surface area contributed by atoms with Crippen molar-refractivity contribution in [2.75, 3.05) is 11.9 Å². The highest BCUT2D eigenvalue weighted by molar-refractivity contribution is 5.95. The molecule has 1 amide bonds. The van der Waals surface area contributed by atoms with E-state index in [4.69, 9.17) is 0 Å². The van der Waals surface area contributed by atoms with Crippen LogP contribution in [0.2, 0.25) is 0 Å². The smallest absolute Gasteiger partial charge is 0.242 e. The van der Waals surface area contributed by atoms with Crippen molar-refractivity contribution in [3.05, 3.63) is 29.8 Å². The van der Waals surface area contributed by atoms with Gasteiger partial charge in [0.05, 0.1) is 6.04 Å². The summed E-state index contributed by atoms with van der Waals surface area (Å²) in [6.45, 7) is 11.8. The molecule has 21 heavy (non-hydrogen) atoms. The Kier molecular flexibility index (Phi) is 4.43. The van der Waals surface area contributed by atoms with Crippen LogP contribution < -0.4 is 10.6 Å². The summed E-state index contributed by atoms with van der Waals surface area (Å²) in [5.41, 5.74) is 2.29. The van der Waals surface area contributed by atoms with Gasteiger partial charge in [0, 0.05) is 5.69 Å². The summed E-state index contributed by atoms with van der Waals surface area (Å²) < 4.78 is 0. The Morgan fingerprint density at radius 3 is 2.38 bits per heavy atom. The van der Waals surface area contributed by atoms with Crippen LogP contribution in [0.5, 0.6) is 0 Å². The molecule has 0 spiro atoms. The van der Waals surface area contributed by atoms with Crippen molar-refractivity contribution in [2.24, 2.45) is 5.41 Å². The van der Waals surface area contributed by atoms with E-state index in [-0.39, 0.29) is 22.8 Å². The lowest BCUT2D eigenvalue weighted by atomic mass is 9.77. The van der Waals surface area contributed by atoms with E-state index in [0.717, 1.165) is 25.1 Å². The number of hydrogen-bond acceptors (Lipinski definition) is 2. The lowest BCUT2D eigenvalue weighted by molar-refractivity contribution is -0.121. The van der Waals surface area contributed by atoms with E-state index >= 15 is 0 Å². The molecular weight excluding hydrogens is 260 g/mol. The summed E-state index contributed by atoms with van der Waals surface area (Å²) >= 11 is 0. The number of benzene rings is 1. The van der Waals surface area contributed by atoms with Crippen LogP contribution in [0, 0.1) is 5.41 Å². The summed E-state index contributed by atoms with van der Waals surface area (Å²) in [5, 5.41) is 6.40. The number of piperidine rings is 1. The first kappa shape index (κ1) is 16.0. The molecule has 0 aliphatic carbocycles. The molecule has 2 N–H and O–H groups in total. The van der Waals surface area contributed by atoms with Gasteiger partial charge in [0.1, 0.15) is 0 Å². The zero-order valence-corrected chi connectivity index (χ0v) is 13.9. The number of carbonyl (C=O) groups excluding carboxylic acids is 1. The van der Waals surface area contributed by atoms with Gasteiger partial charge in [0.15, 0.2) is 0 Å². The van der Waals surface area contributed by atoms with Crippen molar-refractivity contribution < 1.29 is 4.79 Å². The fourth-order valence-electron chi connectivity index (χ4n) is 2.93. The number of rotatable bonds is 2. The van der Waals surface area contributed by atoms with E-state index in [0.29, 0.717) is 0 Å². The molecule has 1 aromatic carbocycles. The molecule has 0 bridgehead atoms. The lowest BCUT2D eigenvalue weighted by Gasteiger charge is -2.38. The fourth-order valence-corrected chi connectivity index (χ4v) is 2.93. The van der Waals surface area contributed by atoms with Crippen LogP contribution in [0.3, 0.4) is 0 Å². The van der Waals surface area contributed by atoms with Gasteiger partial charge in [-0.05, 0) is 47.9 Å². The second-order valence-electron chi connectivity index (χ2n) is 7.80. The maximum absolute atomic E-state index is 12.5. The summed E-state index contributed by atoms with van der Waals surface area (Å²) in [6.07, 6.45) is 2.22. The number of carbonyl (C=O) groups is 1. The van der Waals surface area contributed by atoms with Crippen molar-refractivity contribution in [3.63, 3.8) is 0 Å². The van der Waals surface area contributed by atoms with Gasteiger partial charge in [0.25, 0.3) is 0 Å². The Balaban J connectivity index is 2.06. The summed E-state index contributed by atoms with van der Waals surface area (Å²) in [5.74, 6) is 0.0724. The van der Waals surface area contributed by atoms with Crippen molar-refractivity contribution >= 4 is 11.6 Å². The van der Waals surface area contributed by atoms with E-state index in [2.05, 4.69) is 57.4 Å². The molecule has 1 aliphatic heterocycles. The zero-order chi connectivity index (χ0) is 15.7. The second kappa shape index (κ2) is 5.80. The minimum atomic E-state index is -0.117. The maximum Gasteiger partial charge on any atom is 0.242 e. The predicted molar refractivity (Wildman–Crippen MR) is 88.6 cm³/mol. The van der Waals surface area contributed by atoms with Crippen LogP contribution in [-0.4, -0.2) is 18.5 Å². The Morgan fingerprint density at radius 1 is 1.24 bits per heavy atom. The summed E-state index contributed by atoms with van der Waals surface area (Å²) in [7, 11) is 0. The molecule has 1 saturated heterocycles. The Labute approximate surface area is 128 Å². The largest absolute Gasteiger partial charge is 0.325 e. The van der Waals surface area contributed by atoms with Gasteiger partial charge in [-0.2, -0.15) is 0 Å². The van der Waals surface area contributed by atoms with E-state index in [1.165, 1.54) is 5.56 Å². The molecule has 116 valence electrons. The van der Waals surface area contributed by atoms with Crippen LogP contribution >= 0.6 is 0 Å². The van der Waals surface area contributed by atoms with Crippen molar-refractivity contribution in [3.8, 4) is 0 Å². The van der Waals surface area contributed by atoms with Gasteiger partial charge in [-0.1, -0.05) is 46.8 Å². The van der Waals surface area contributed by atoms with Gasteiger partial charge in [-0.25, -0.2) is 0 Å². The first-order valence-electron chi connectivity index (χ1n) is 7.85. The monoisotopic (exact) mass is 288 g/mol. The van der Waals surface area contributed by atoms with Gasteiger partial charge in [-0.3, -0.25) is 4.79 Å². The number of nitrogens with one attached hydrogen (secondary N) is 2. The van der Waals surface area contributed by atoms with Gasteiger partial charge >= 0.3 is 0 Å². The number of hydrogen-bond donors (Lipinski definition) is 2. The third-order valence-corrected chi connectivity index (χ3v) is 4.41. The Morgan fingerprint density at radius 2 is 1.86 bits per heavy atom. The molecule has 1 atom stereocenters. The first-order chi connectivity index (χ1) is 9.70. The highest BCUT2D eigenvalue weighted by atomic mass is 16.2. The summed E-state index contributed by atoms with van der Waals surface area (Å²) in [4.78, 5) is 12.5. The van der Waals surface area contributed by atoms with Crippen LogP contribution in [0.25, 0.3) is 0 Å². The fraction of sp³-hybridized carbons (Fsp3) is 0.611. The standard InChI is InChI=1S/C18H28N2O/c1-17(2,3)13-7-9-14(10-8-13)20-16(21)15-18(4,5)11-6-12-19-15/h7-10,15,19H,6,11-12H2,1-5H3,(H,20,21). The average molecular weight is 288 g/mol. The SMILES string of the molecule is CC(C)(C)c1ccc(NC(=O)C2NCCCC2(C)C)cc1. The molecule has 3 nitrogen and oxygen atoms in total. The average Bonchev–Trinajstić information content (AvgIpc) is 2.37. The molecule has 2 rings (SSSR count). The third-order valence-electron chi connectivity index (χ3n) is 4.41. The second-order valence-corrected chi connectivity index (χ2v) is 7.80. The zero-order valence-electron chi connectivity index (χ0n) is 13.9. The quantitative estimate of drug-likeness (QED) is 0.871. The van der Waals surface area contributed by atoms with E-state index in [9.17, 15) is 4.79 Å². The molecule has 0 radical (unpaired) electrons. The molecule has 3 heteroatoms. The van der Waals surface area contributed by atoms with E-state index in [1.807, 2.05) is 12.1 Å². The van der Waals surface area contributed by atoms with E-state index < -0.39 is 0 Å². The molecule has 1 aromatic rings. The van der Waals surface area contributed by atoms with Crippen molar-refractivity contribution in [1.82, 2.24) is 5.32 Å². The number of anilines is 1. The van der Waals surface area contributed by atoms with E-state index in [1.54, 1.807) is 0 Å². The van der Waals surface area contributed by atoms with Crippen molar-refractivity contribution in [1.29, 1.82) is 0 Å². The van der Waals surface area contributed by atoms with Gasteiger partial charge in [0.2, 0.25) is 5.91 Å². The molecule has 1 unspecified atom stereocenters. The minimum absolute atomic E-state index is 0.00762. The lowest BCUT2D eigenvalue weighted by Crippen LogP contribution is -2.53. The topological polar surface area (TPSA) is 41.1 Å². The minimum Gasteiger partial charge on any atom is -0.325 e. The first-order valence-corrected chi connectivity index (χ1v) is 7.85. The van der Waals surface area contributed by atoms with Gasteiger partial charge in [-0.15, -0.1) is 0 Å². The Bertz CT molecular complexity index is 497. The molecule has 0 saturated carbocycles. The molecular formula is C18H28N2O. The molecule has 1 fully saturated rings. The van der Waals surface area contributed by atoms with Crippen LogP contribution in [0.15, 0.2) is 24.3 Å².